The maximum atomic E-state index is 13.3. The van der Waals surface area contributed by atoms with Crippen LogP contribution in [0, 0.1) is 13.8 Å². The minimum Gasteiger partial charge on any atom is -0.493 e. The van der Waals surface area contributed by atoms with Crippen LogP contribution < -0.4 is 14.8 Å². The Morgan fingerprint density at radius 2 is 1.81 bits per heavy atom. The lowest BCUT2D eigenvalue weighted by molar-refractivity contribution is -0.141. The van der Waals surface area contributed by atoms with E-state index in [1.165, 1.54) is 14.2 Å². The van der Waals surface area contributed by atoms with E-state index in [4.69, 9.17) is 14.2 Å². The molecule has 2 heterocycles. The van der Waals surface area contributed by atoms with Gasteiger partial charge in [-0.25, -0.2) is 4.98 Å². The molecule has 2 aromatic heterocycles. The number of amides is 1. The van der Waals surface area contributed by atoms with Gasteiger partial charge >= 0.3 is 5.97 Å². The van der Waals surface area contributed by atoms with E-state index in [1.807, 2.05) is 13.8 Å². The van der Waals surface area contributed by atoms with Crippen molar-refractivity contribution in [1.29, 1.82) is 0 Å². The van der Waals surface area contributed by atoms with Crippen LogP contribution in [-0.2, 0) is 16.6 Å². The molecule has 164 valence electrons. The number of pyridine rings is 1. The summed E-state index contributed by atoms with van der Waals surface area (Å²) in [5.41, 5.74) is 3.14. The van der Waals surface area contributed by atoms with Gasteiger partial charge in [-0.15, -0.1) is 0 Å². The van der Waals surface area contributed by atoms with Crippen LogP contribution >= 0.6 is 0 Å². The third-order valence-corrected chi connectivity index (χ3v) is 5.06. The number of carbonyl (C=O) groups is 2. The molecule has 1 amide bonds. The van der Waals surface area contributed by atoms with Gasteiger partial charge in [-0.2, -0.15) is 5.10 Å². The summed E-state index contributed by atoms with van der Waals surface area (Å²) in [4.78, 5) is 29.9. The molecule has 3 rings (SSSR count). The number of fused-ring (bicyclic) bond motifs is 1. The summed E-state index contributed by atoms with van der Waals surface area (Å²) in [6, 6.07) is 6.31. The highest BCUT2D eigenvalue weighted by atomic mass is 16.5. The maximum absolute atomic E-state index is 13.3. The molecule has 0 fully saturated rings. The monoisotopic (exact) mass is 426 g/mol. The van der Waals surface area contributed by atoms with Crippen LogP contribution in [0.1, 0.15) is 39.8 Å². The third kappa shape index (κ3) is 4.45. The Morgan fingerprint density at radius 3 is 2.45 bits per heavy atom. The number of aryl methyl sites for hydroxylation is 3. The molecule has 1 aromatic carbocycles. The van der Waals surface area contributed by atoms with Crippen molar-refractivity contribution >= 4 is 22.9 Å². The van der Waals surface area contributed by atoms with Gasteiger partial charge in [-0.05, 0) is 37.6 Å². The molecule has 1 N–H and O–H groups in total. The SMILES string of the molecule is COC(=O)C[C@@H](NC(=O)c1cc(C)nc2c1c(C)nn2C)c1ccc(OC)c(OC)c1. The molecular formula is C22H26N4O5. The first-order chi connectivity index (χ1) is 14.8. The first-order valence-corrected chi connectivity index (χ1v) is 9.69. The average molecular weight is 426 g/mol. The summed E-state index contributed by atoms with van der Waals surface area (Å²) in [6.45, 7) is 3.65. The highest BCUT2D eigenvalue weighted by molar-refractivity contribution is 6.06. The third-order valence-electron chi connectivity index (χ3n) is 5.06. The molecule has 0 aliphatic rings. The van der Waals surface area contributed by atoms with Gasteiger partial charge < -0.3 is 19.5 Å². The van der Waals surface area contributed by atoms with Gasteiger partial charge in [0, 0.05) is 12.7 Å². The lowest BCUT2D eigenvalue weighted by Gasteiger charge is -2.20. The fourth-order valence-corrected chi connectivity index (χ4v) is 3.56. The topological polar surface area (TPSA) is 105 Å². The zero-order chi connectivity index (χ0) is 22.7. The molecule has 3 aromatic rings. The fourth-order valence-electron chi connectivity index (χ4n) is 3.56. The fraction of sp³-hybridized carbons (Fsp3) is 0.364. The van der Waals surface area contributed by atoms with Crippen LogP contribution in [0.5, 0.6) is 11.5 Å². The van der Waals surface area contributed by atoms with Crippen LogP contribution in [0.3, 0.4) is 0 Å². The van der Waals surface area contributed by atoms with Gasteiger partial charge in [0.05, 0.1) is 50.4 Å². The molecule has 0 unspecified atom stereocenters. The number of methoxy groups -OCH3 is 3. The Hall–Kier alpha value is -3.62. The van der Waals surface area contributed by atoms with E-state index in [9.17, 15) is 9.59 Å². The number of esters is 1. The van der Waals surface area contributed by atoms with Crippen molar-refractivity contribution < 1.29 is 23.8 Å². The van der Waals surface area contributed by atoms with Gasteiger partial charge in [-0.3, -0.25) is 14.3 Å². The van der Waals surface area contributed by atoms with E-state index in [1.54, 1.807) is 43.1 Å². The quantitative estimate of drug-likeness (QED) is 0.579. The molecule has 0 aliphatic heterocycles. The molecule has 0 aliphatic carbocycles. The van der Waals surface area contributed by atoms with Crippen LogP contribution in [0.15, 0.2) is 24.3 Å². The van der Waals surface area contributed by atoms with Crippen LogP contribution in [0.2, 0.25) is 0 Å². The van der Waals surface area contributed by atoms with E-state index in [0.717, 1.165) is 0 Å². The first-order valence-electron chi connectivity index (χ1n) is 9.69. The van der Waals surface area contributed by atoms with E-state index < -0.39 is 12.0 Å². The Labute approximate surface area is 180 Å². The molecule has 9 heteroatoms. The van der Waals surface area contributed by atoms with Crippen molar-refractivity contribution in [3.8, 4) is 11.5 Å². The largest absolute Gasteiger partial charge is 0.493 e. The molecule has 1 atom stereocenters. The van der Waals surface area contributed by atoms with Crippen molar-refractivity contribution in [2.75, 3.05) is 21.3 Å². The van der Waals surface area contributed by atoms with Crippen molar-refractivity contribution in [3.05, 3.63) is 46.8 Å². The number of rotatable bonds is 7. The average Bonchev–Trinajstić information content (AvgIpc) is 3.04. The van der Waals surface area contributed by atoms with Gasteiger partial charge in [0.15, 0.2) is 17.1 Å². The van der Waals surface area contributed by atoms with Gasteiger partial charge in [0.2, 0.25) is 0 Å². The Balaban J connectivity index is 2.02. The van der Waals surface area contributed by atoms with E-state index in [-0.39, 0.29) is 12.3 Å². The zero-order valence-corrected chi connectivity index (χ0v) is 18.5. The maximum Gasteiger partial charge on any atom is 0.307 e. The number of benzene rings is 1. The number of nitrogens with zero attached hydrogens (tertiary/aromatic N) is 3. The lowest BCUT2D eigenvalue weighted by Crippen LogP contribution is -2.31. The number of carbonyl (C=O) groups excluding carboxylic acids is 2. The Bertz CT molecular complexity index is 1140. The summed E-state index contributed by atoms with van der Waals surface area (Å²) in [6.07, 6.45) is -0.0447. The van der Waals surface area contributed by atoms with Crippen LogP contribution in [-0.4, -0.2) is 48.0 Å². The van der Waals surface area contributed by atoms with Crippen molar-refractivity contribution in [1.82, 2.24) is 20.1 Å². The molecule has 0 saturated heterocycles. The Morgan fingerprint density at radius 1 is 1.10 bits per heavy atom. The summed E-state index contributed by atoms with van der Waals surface area (Å²) < 4.78 is 17.1. The molecule has 9 nitrogen and oxygen atoms in total. The normalized spacial score (nSPS) is 11.8. The number of hydrogen-bond donors (Lipinski definition) is 1. The standard InChI is InChI=1S/C22H26N4O5/c1-12-9-15(20-13(2)25-26(3)21(20)23-12)22(28)24-16(11-19(27)31-6)14-7-8-17(29-4)18(10-14)30-5/h7-10,16H,11H2,1-6H3,(H,24,28)/t16-/m1/s1. The summed E-state index contributed by atoms with van der Waals surface area (Å²) in [5.74, 6) is 0.255. The van der Waals surface area contributed by atoms with E-state index >= 15 is 0 Å². The molecule has 0 bridgehead atoms. The van der Waals surface area contributed by atoms with Crippen LogP contribution in [0.4, 0.5) is 0 Å². The lowest BCUT2D eigenvalue weighted by atomic mass is 10.0. The zero-order valence-electron chi connectivity index (χ0n) is 18.5. The number of hydrogen-bond acceptors (Lipinski definition) is 7. The van der Waals surface area contributed by atoms with Gasteiger partial charge in [-0.1, -0.05) is 6.07 Å². The highest BCUT2D eigenvalue weighted by Crippen LogP contribution is 2.31. The van der Waals surface area contributed by atoms with Crippen molar-refractivity contribution in [2.45, 2.75) is 26.3 Å². The molecule has 31 heavy (non-hydrogen) atoms. The molecule has 0 spiro atoms. The highest BCUT2D eigenvalue weighted by Gasteiger charge is 2.24. The Kier molecular flexibility index (Phi) is 6.43. The molecule has 0 radical (unpaired) electrons. The summed E-state index contributed by atoms with van der Waals surface area (Å²) >= 11 is 0. The summed E-state index contributed by atoms with van der Waals surface area (Å²) in [5, 5.41) is 8.02. The van der Waals surface area contributed by atoms with Crippen molar-refractivity contribution in [3.63, 3.8) is 0 Å². The second-order valence-electron chi connectivity index (χ2n) is 7.14. The molecule has 0 saturated carbocycles. The number of nitrogens with one attached hydrogen (secondary N) is 1. The minimum atomic E-state index is -0.639. The van der Waals surface area contributed by atoms with Crippen molar-refractivity contribution in [2.24, 2.45) is 7.05 Å². The number of ether oxygens (including phenoxy) is 3. The number of aromatic nitrogens is 3. The predicted octanol–water partition coefficient (Wildman–Crippen LogP) is 2.64. The van der Waals surface area contributed by atoms with Crippen LogP contribution in [0.25, 0.3) is 11.0 Å². The second kappa shape index (κ2) is 9.03. The minimum absolute atomic E-state index is 0.0447. The smallest absolute Gasteiger partial charge is 0.307 e. The van der Waals surface area contributed by atoms with E-state index in [2.05, 4.69) is 15.4 Å². The summed E-state index contributed by atoms with van der Waals surface area (Å²) in [7, 11) is 6.16. The molecular weight excluding hydrogens is 400 g/mol. The predicted molar refractivity (Wildman–Crippen MR) is 114 cm³/mol. The van der Waals surface area contributed by atoms with Gasteiger partial charge in [0.25, 0.3) is 5.91 Å². The second-order valence-corrected chi connectivity index (χ2v) is 7.14. The van der Waals surface area contributed by atoms with Gasteiger partial charge in [0.1, 0.15) is 0 Å². The van der Waals surface area contributed by atoms with E-state index in [0.29, 0.717) is 45.0 Å². The first kappa shape index (κ1) is 22.1.